The molecule has 5 N–H and O–H groups in total. The largest absolute Gasteiger partial charge is 0.376 e. The van der Waals surface area contributed by atoms with E-state index in [4.69, 9.17) is 0 Å². The van der Waals surface area contributed by atoms with Gasteiger partial charge in [0.25, 0.3) is 0 Å². The van der Waals surface area contributed by atoms with Crippen LogP contribution in [0.5, 0.6) is 0 Å². The zero-order valence-electron chi connectivity index (χ0n) is 20.3. The molecule has 1 aromatic rings. The van der Waals surface area contributed by atoms with Crippen LogP contribution in [-0.2, 0) is 14.3 Å². The molecule has 9 heteroatoms. The molecule has 194 valence electrons. The first kappa shape index (κ1) is 29.5. The van der Waals surface area contributed by atoms with E-state index in [9.17, 15) is 33.8 Å². The fourth-order valence-corrected chi connectivity index (χ4v) is 8.31. The van der Waals surface area contributed by atoms with Gasteiger partial charge in [0.1, 0.15) is 0 Å². The standard InChI is InChI=1S/C25H42O7P2/c1-2-3-4-5-6-7-8-9-10-11-12-13-16-20-25(26,34(30,31)32)24(33(27,28)29)21-19-22-17-14-15-18-23(22)24/h14-15,17-19,21,26H,2-13,16,20H2,1H3,(H2,27,28,29)(H2,30,31,32). The lowest BCUT2D eigenvalue weighted by atomic mass is 9.89. The van der Waals surface area contributed by atoms with Crippen LogP contribution in [0.15, 0.2) is 30.3 Å². The van der Waals surface area contributed by atoms with Gasteiger partial charge in [-0.3, -0.25) is 9.13 Å². The molecule has 1 aliphatic carbocycles. The molecule has 0 saturated heterocycles. The lowest BCUT2D eigenvalue weighted by Gasteiger charge is -2.44. The molecule has 1 aliphatic rings. The molecule has 0 amide bonds. The Morgan fingerprint density at radius 1 is 0.765 bits per heavy atom. The van der Waals surface area contributed by atoms with E-state index in [0.717, 1.165) is 25.3 Å². The van der Waals surface area contributed by atoms with E-state index in [1.807, 2.05) is 0 Å². The molecule has 7 nitrogen and oxygen atoms in total. The SMILES string of the molecule is CCCCCCCCCCCCCCCC(O)(C1(P(=O)(O)O)C=Cc2ccccc21)P(=O)(O)O. The average Bonchev–Trinajstić information content (AvgIpc) is 3.17. The normalized spacial score (nSPS) is 19.8. The molecule has 2 rings (SSSR count). The minimum Gasteiger partial charge on any atom is -0.376 e. The van der Waals surface area contributed by atoms with Gasteiger partial charge in [-0.25, -0.2) is 0 Å². The van der Waals surface area contributed by atoms with Crippen molar-refractivity contribution in [2.75, 3.05) is 0 Å². The molecule has 0 fully saturated rings. The lowest BCUT2D eigenvalue weighted by Crippen LogP contribution is -2.49. The van der Waals surface area contributed by atoms with Gasteiger partial charge in [-0.1, -0.05) is 120 Å². The Bertz CT molecular complexity index is 891. The molecule has 1 aromatic carbocycles. The molecule has 34 heavy (non-hydrogen) atoms. The molecule has 2 atom stereocenters. The molecular formula is C25H42O7P2. The van der Waals surface area contributed by atoms with Crippen molar-refractivity contribution in [1.82, 2.24) is 0 Å². The lowest BCUT2D eigenvalue weighted by molar-refractivity contribution is 0.0432. The third-order valence-corrected chi connectivity index (χ3v) is 10.5. The van der Waals surface area contributed by atoms with Crippen LogP contribution in [0.25, 0.3) is 6.08 Å². The van der Waals surface area contributed by atoms with E-state index in [1.54, 1.807) is 18.2 Å². The summed E-state index contributed by atoms with van der Waals surface area (Å²) >= 11 is 0. The van der Waals surface area contributed by atoms with Gasteiger partial charge < -0.3 is 24.7 Å². The number of unbranched alkanes of at least 4 members (excludes halogenated alkanes) is 12. The number of aliphatic hydroxyl groups is 1. The van der Waals surface area contributed by atoms with Crippen molar-refractivity contribution < 1.29 is 33.8 Å². The number of fused-ring (bicyclic) bond motifs is 1. The van der Waals surface area contributed by atoms with Crippen LogP contribution in [0, 0.1) is 0 Å². The van der Waals surface area contributed by atoms with Crippen LogP contribution in [0.2, 0.25) is 0 Å². The molecule has 2 unspecified atom stereocenters. The molecule has 0 aliphatic heterocycles. The Morgan fingerprint density at radius 2 is 1.24 bits per heavy atom. The maximum absolute atomic E-state index is 12.7. The van der Waals surface area contributed by atoms with Crippen molar-refractivity contribution in [3.05, 3.63) is 41.5 Å². The van der Waals surface area contributed by atoms with Crippen molar-refractivity contribution >= 4 is 21.3 Å². The van der Waals surface area contributed by atoms with E-state index < -0.39 is 32.1 Å². The predicted molar refractivity (Wildman–Crippen MR) is 137 cm³/mol. The van der Waals surface area contributed by atoms with Gasteiger partial charge in [0, 0.05) is 0 Å². The fraction of sp³-hybridized carbons (Fsp3) is 0.680. The Labute approximate surface area is 204 Å². The summed E-state index contributed by atoms with van der Waals surface area (Å²) in [6, 6.07) is 6.23. The summed E-state index contributed by atoms with van der Waals surface area (Å²) in [5, 5.41) is 5.97. The number of hydrogen-bond donors (Lipinski definition) is 5. The van der Waals surface area contributed by atoms with Gasteiger partial charge >= 0.3 is 15.2 Å². The van der Waals surface area contributed by atoms with Gasteiger partial charge in [-0.05, 0) is 24.0 Å². The van der Waals surface area contributed by atoms with E-state index in [1.165, 1.54) is 63.5 Å². The van der Waals surface area contributed by atoms with E-state index >= 15 is 0 Å². The summed E-state index contributed by atoms with van der Waals surface area (Å²) in [6.45, 7) is 2.22. The highest BCUT2D eigenvalue weighted by molar-refractivity contribution is 7.58. The number of benzene rings is 1. The van der Waals surface area contributed by atoms with Crippen LogP contribution in [0.1, 0.15) is 108 Å². The van der Waals surface area contributed by atoms with Gasteiger partial charge in [0.15, 0.2) is 10.5 Å². The number of hydrogen-bond acceptors (Lipinski definition) is 3. The zero-order valence-corrected chi connectivity index (χ0v) is 22.1. The molecule has 0 spiro atoms. The fourth-order valence-electron chi connectivity index (χ4n) is 5.07. The van der Waals surface area contributed by atoms with Gasteiger partial charge in [-0.2, -0.15) is 0 Å². The molecule has 0 saturated carbocycles. The summed E-state index contributed by atoms with van der Waals surface area (Å²) < 4.78 is 25.2. The Kier molecular flexibility index (Phi) is 11.2. The molecule has 0 bridgehead atoms. The maximum atomic E-state index is 12.7. The first-order valence-electron chi connectivity index (χ1n) is 12.6. The van der Waals surface area contributed by atoms with Crippen molar-refractivity contribution in [3.63, 3.8) is 0 Å². The van der Waals surface area contributed by atoms with Gasteiger partial charge in [0.2, 0.25) is 0 Å². The highest BCUT2D eigenvalue weighted by Crippen LogP contribution is 2.74. The first-order valence-corrected chi connectivity index (χ1v) is 15.9. The van der Waals surface area contributed by atoms with Gasteiger partial charge in [-0.15, -0.1) is 0 Å². The minimum atomic E-state index is -5.33. The first-order chi connectivity index (χ1) is 16.0. The average molecular weight is 517 g/mol. The molecular weight excluding hydrogens is 474 g/mol. The second kappa shape index (κ2) is 13.0. The quantitative estimate of drug-likeness (QED) is 0.119. The second-order valence-electron chi connectivity index (χ2n) is 9.58. The predicted octanol–water partition coefficient (Wildman–Crippen LogP) is 6.43. The summed E-state index contributed by atoms with van der Waals surface area (Å²) in [7, 11) is -10.5. The Balaban J connectivity index is 1.92. The van der Waals surface area contributed by atoms with Crippen LogP contribution in [-0.4, -0.2) is 30.0 Å². The van der Waals surface area contributed by atoms with Crippen LogP contribution in [0.3, 0.4) is 0 Å². The summed E-state index contributed by atoms with van der Waals surface area (Å²) in [5.41, 5.74) is 0.479. The molecule has 0 radical (unpaired) electrons. The smallest absolute Gasteiger partial charge is 0.358 e. The monoisotopic (exact) mass is 516 g/mol. The maximum Gasteiger partial charge on any atom is 0.358 e. The second-order valence-corrected chi connectivity index (χ2v) is 13.2. The van der Waals surface area contributed by atoms with E-state index in [0.29, 0.717) is 12.0 Å². The molecule has 0 aromatic heterocycles. The van der Waals surface area contributed by atoms with Crippen LogP contribution in [0.4, 0.5) is 0 Å². The summed E-state index contributed by atoms with van der Waals surface area (Å²) in [4.78, 5) is 40.8. The Morgan fingerprint density at radius 3 is 1.71 bits per heavy atom. The van der Waals surface area contributed by atoms with Gasteiger partial charge in [0.05, 0.1) is 0 Å². The minimum absolute atomic E-state index is 0.0452. The van der Waals surface area contributed by atoms with Crippen LogP contribution >= 0.6 is 15.2 Å². The van der Waals surface area contributed by atoms with Crippen molar-refractivity contribution in [1.29, 1.82) is 0 Å². The van der Waals surface area contributed by atoms with Crippen LogP contribution < -0.4 is 0 Å². The number of rotatable bonds is 17. The molecule has 0 heterocycles. The third kappa shape index (κ3) is 6.70. The van der Waals surface area contributed by atoms with E-state index in [2.05, 4.69) is 6.92 Å². The third-order valence-electron chi connectivity index (χ3n) is 7.06. The Hall–Kier alpha value is -0.780. The topological polar surface area (TPSA) is 135 Å². The highest BCUT2D eigenvalue weighted by Gasteiger charge is 2.69. The highest BCUT2D eigenvalue weighted by atomic mass is 31.2. The zero-order chi connectivity index (χ0) is 25.3. The van der Waals surface area contributed by atoms with Crippen molar-refractivity contribution in [2.24, 2.45) is 0 Å². The van der Waals surface area contributed by atoms with Crippen molar-refractivity contribution in [2.45, 2.75) is 107 Å². The summed E-state index contributed by atoms with van der Waals surface area (Å²) in [5.74, 6) is 0. The summed E-state index contributed by atoms with van der Waals surface area (Å²) in [6.07, 6.45) is 16.1. The van der Waals surface area contributed by atoms with Crippen molar-refractivity contribution in [3.8, 4) is 0 Å². The van der Waals surface area contributed by atoms with E-state index in [-0.39, 0.29) is 12.0 Å².